The van der Waals surface area contributed by atoms with Gasteiger partial charge >= 0.3 is 11.9 Å². The minimum atomic E-state index is -0.811. The molecular formula is C9H15NO3. The number of ether oxygens (including phenoxy) is 1. The van der Waals surface area contributed by atoms with E-state index >= 15 is 0 Å². The fourth-order valence-electron chi connectivity index (χ4n) is 1.34. The fourth-order valence-corrected chi connectivity index (χ4v) is 1.34. The van der Waals surface area contributed by atoms with Crippen molar-refractivity contribution in [3.63, 3.8) is 0 Å². The molecule has 1 rings (SSSR count). The van der Waals surface area contributed by atoms with Gasteiger partial charge < -0.3 is 10.1 Å². The van der Waals surface area contributed by atoms with Crippen LogP contribution in [0.25, 0.3) is 0 Å². The molecule has 0 aliphatic heterocycles. The number of hydrogen-bond acceptors (Lipinski definition) is 3. The highest BCUT2D eigenvalue weighted by molar-refractivity contribution is 6.32. The first-order valence-corrected chi connectivity index (χ1v) is 4.60. The lowest BCUT2D eigenvalue weighted by Crippen LogP contribution is -2.33. The van der Waals surface area contributed by atoms with E-state index in [4.69, 9.17) is 0 Å². The number of hydrogen-bond donors (Lipinski definition) is 1. The fraction of sp³-hybridized carbons (Fsp3) is 0.778. The molecule has 0 atom stereocenters. The third-order valence-electron chi connectivity index (χ3n) is 2.43. The summed E-state index contributed by atoms with van der Waals surface area (Å²) in [5.41, 5.74) is 0. The molecule has 13 heavy (non-hydrogen) atoms. The Hall–Kier alpha value is -1.06. The maximum absolute atomic E-state index is 10.9. The van der Waals surface area contributed by atoms with Crippen LogP contribution in [-0.4, -0.2) is 25.5 Å². The summed E-state index contributed by atoms with van der Waals surface area (Å²) in [7, 11) is 1.20. The van der Waals surface area contributed by atoms with Gasteiger partial charge in [-0.25, -0.2) is 4.79 Å². The minimum Gasteiger partial charge on any atom is -0.462 e. The molecule has 1 amide bonds. The second-order valence-corrected chi connectivity index (χ2v) is 3.33. The zero-order valence-corrected chi connectivity index (χ0v) is 7.84. The number of amides is 1. The third kappa shape index (κ3) is 3.05. The van der Waals surface area contributed by atoms with Gasteiger partial charge in [-0.1, -0.05) is 19.3 Å². The van der Waals surface area contributed by atoms with Crippen LogP contribution >= 0.6 is 0 Å². The van der Waals surface area contributed by atoms with E-state index in [1.54, 1.807) is 0 Å². The maximum atomic E-state index is 10.9. The molecule has 1 aliphatic rings. The number of methoxy groups -OCH3 is 1. The number of rotatable bonds is 3. The van der Waals surface area contributed by atoms with E-state index in [1.807, 2.05) is 0 Å². The van der Waals surface area contributed by atoms with Crippen LogP contribution in [0.5, 0.6) is 0 Å². The van der Waals surface area contributed by atoms with Crippen LogP contribution in [0.2, 0.25) is 0 Å². The van der Waals surface area contributed by atoms with Crippen molar-refractivity contribution in [3.8, 4) is 0 Å². The Kier molecular flexibility index (Phi) is 3.73. The van der Waals surface area contributed by atoms with Crippen LogP contribution in [0, 0.1) is 5.92 Å². The topological polar surface area (TPSA) is 55.4 Å². The second kappa shape index (κ2) is 4.84. The molecule has 0 saturated heterocycles. The van der Waals surface area contributed by atoms with Crippen molar-refractivity contribution >= 4 is 11.9 Å². The van der Waals surface area contributed by atoms with E-state index in [0.29, 0.717) is 6.54 Å². The summed E-state index contributed by atoms with van der Waals surface area (Å²) in [4.78, 5) is 21.5. The zero-order chi connectivity index (χ0) is 9.68. The molecule has 1 fully saturated rings. The molecule has 0 aromatic rings. The Morgan fingerprint density at radius 1 is 1.46 bits per heavy atom. The molecule has 74 valence electrons. The standard InChI is InChI=1S/C9H15NO3/c1-13-9(12)8(11)10-6-5-7-3-2-4-7/h7H,2-6H2,1H3,(H,10,11). The Balaban J connectivity index is 2.04. The Morgan fingerprint density at radius 3 is 2.62 bits per heavy atom. The van der Waals surface area contributed by atoms with Crippen molar-refractivity contribution in [2.45, 2.75) is 25.7 Å². The maximum Gasteiger partial charge on any atom is 0.396 e. The molecule has 0 bridgehead atoms. The quantitative estimate of drug-likeness (QED) is 0.513. The van der Waals surface area contributed by atoms with Gasteiger partial charge in [0.05, 0.1) is 7.11 Å². The Bertz CT molecular complexity index is 199. The SMILES string of the molecule is COC(=O)C(=O)NCCC1CCC1. The van der Waals surface area contributed by atoms with Crippen molar-refractivity contribution in [1.82, 2.24) is 5.32 Å². The first-order chi connectivity index (χ1) is 6.24. The van der Waals surface area contributed by atoms with E-state index in [9.17, 15) is 9.59 Å². The minimum absolute atomic E-state index is 0.582. The summed E-state index contributed by atoms with van der Waals surface area (Å²) in [5.74, 6) is -0.701. The molecule has 1 aliphatic carbocycles. The van der Waals surface area contributed by atoms with Gasteiger partial charge in [-0.15, -0.1) is 0 Å². The molecule has 4 nitrogen and oxygen atoms in total. The Morgan fingerprint density at radius 2 is 2.15 bits per heavy atom. The van der Waals surface area contributed by atoms with Crippen LogP contribution in [0.3, 0.4) is 0 Å². The van der Waals surface area contributed by atoms with Crippen LogP contribution in [0.15, 0.2) is 0 Å². The summed E-state index contributed by atoms with van der Waals surface area (Å²) < 4.78 is 4.26. The predicted octanol–water partition coefficient (Wildman–Crippen LogP) is 0.466. The van der Waals surface area contributed by atoms with Gasteiger partial charge in [0.15, 0.2) is 0 Å². The second-order valence-electron chi connectivity index (χ2n) is 3.33. The molecule has 0 aromatic heterocycles. The molecule has 0 radical (unpaired) electrons. The average molecular weight is 185 g/mol. The van der Waals surface area contributed by atoms with Crippen molar-refractivity contribution in [2.75, 3.05) is 13.7 Å². The first-order valence-electron chi connectivity index (χ1n) is 4.60. The van der Waals surface area contributed by atoms with Crippen LogP contribution in [-0.2, 0) is 14.3 Å². The van der Waals surface area contributed by atoms with Gasteiger partial charge in [0.2, 0.25) is 0 Å². The molecule has 0 aromatic carbocycles. The smallest absolute Gasteiger partial charge is 0.396 e. The number of nitrogens with one attached hydrogen (secondary N) is 1. The van der Waals surface area contributed by atoms with Gasteiger partial charge in [-0.3, -0.25) is 4.79 Å². The molecule has 4 heteroatoms. The van der Waals surface area contributed by atoms with Gasteiger partial charge in [0.25, 0.3) is 0 Å². The summed E-state index contributed by atoms with van der Waals surface area (Å²) in [5, 5.41) is 2.52. The van der Waals surface area contributed by atoms with Crippen molar-refractivity contribution in [3.05, 3.63) is 0 Å². The van der Waals surface area contributed by atoms with Crippen molar-refractivity contribution in [1.29, 1.82) is 0 Å². The lowest BCUT2D eigenvalue weighted by atomic mass is 9.83. The monoisotopic (exact) mass is 185 g/mol. The van der Waals surface area contributed by atoms with E-state index in [1.165, 1.54) is 26.4 Å². The summed E-state index contributed by atoms with van der Waals surface area (Å²) in [6.45, 7) is 0.582. The van der Waals surface area contributed by atoms with Gasteiger partial charge in [-0.05, 0) is 12.3 Å². The van der Waals surface area contributed by atoms with E-state index in [2.05, 4.69) is 10.1 Å². The van der Waals surface area contributed by atoms with Crippen LogP contribution in [0.1, 0.15) is 25.7 Å². The summed E-state index contributed by atoms with van der Waals surface area (Å²) >= 11 is 0. The van der Waals surface area contributed by atoms with Gasteiger partial charge in [-0.2, -0.15) is 0 Å². The highest BCUT2D eigenvalue weighted by atomic mass is 16.5. The molecule has 0 spiro atoms. The lowest BCUT2D eigenvalue weighted by molar-refractivity contribution is -0.152. The zero-order valence-electron chi connectivity index (χ0n) is 7.84. The highest BCUT2D eigenvalue weighted by Crippen LogP contribution is 2.28. The third-order valence-corrected chi connectivity index (χ3v) is 2.43. The normalized spacial score (nSPS) is 16.1. The van der Waals surface area contributed by atoms with E-state index in [0.717, 1.165) is 12.3 Å². The molecule has 1 saturated carbocycles. The number of esters is 1. The van der Waals surface area contributed by atoms with Crippen molar-refractivity contribution in [2.24, 2.45) is 5.92 Å². The van der Waals surface area contributed by atoms with Crippen LogP contribution < -0.4 is 5.32 Å². The largest absolute Gasteiger partial charge is 0.462 e. The predicted molar refractivity (Wildman–Crippen MR) is 47.0 cm³/mol. The lowest BCUT2D eigenvalue weighted by Gasteiger charge is -2.24. The molecule has 0 heterocycles. The van der Waals surface area contributed by atoms with Gasteiger partial charge in [0.1, 0.15) is 0 Å². The van der Waals surface area contributed by atoms with E-state index in [-0.39, 0.29) is 0 Å². The molecule has 0 unspecified atom stereocenters. The van der Waals surface area contributed by atoms with Crippen molar-refractivity contribution < 1.29 is 14.3 Å². The average Bonchev–Trinajstić information content (AvgIpc) is 2.07. The highest BCUT2D eigenvalue weighted by Gasteiger charge is 2.18. The molecular weight excluding hydrogens is 170 g/mol. The summed E-state index contributed by atoms with van der Waals surface area (Å²) in [6.07, 6.45) is 4.79. The first kappa shape index (κ1) is 10.0. The number of carbonyl (C=O) groups is 2. The molecule has 1 N–H and O–H groups in total. The Labute approximate surface area is 77.6 Å². The van der Waals surface area contributed by atoms with Crippen LogP contribution in [0.4, 0.5) is 0 Å². The van der Waals surface area contributed by atoms with Gasteiger partial charge in [0, 0.05) is 6.54 Å². The van der Waals surface area contributed by atoms with E-state index < -0.39 is 11.9 Å². The number of carbonyl (C=O) groups excluding carboxylic acids is 2. The summed E-state index contributed by atoms with van der Waals surface area (Å²) in [6, 6.07) is 0.